The number of halogens is 1. The van der Waals surface area contributed by atoms with Crippen LogP contribution >= 0.6 is 0 Å². The minimum absolute atomic E-state index is 0.276. The first-order chi connectivity index (χ1) is 9.10. The summed E-state index contributed by atoms with van der Waals surface area (Å²) in [4.78, 5) is 0. The summed E-state index contributed by atoms with van der Waals surface area (Å²) in [5.41, 5.74) is 1.32. The van der Waals surface area contributed by atoms with Crippen LogP contribution in [0.2, 0.25) is 0 Å². The first-order valence-corrected chi connectivity index (χ1v) is 7.02. The van der Waals surface area contributed by atoms with Crippen LogP contribution in [0.5, 0.6) is 0 Å². The Kier molecular flexibility index (Phi) is 4.55. The van der Waals surface area contributed by atoms with Gasteiger partial charge in [-0.3, -0.25) is 0 Å². The summed E-state index contributed by atoms with van der Waals surface area (Å²) in [5.74, 6) is 1.25. The van der Waals surface area contributed by atoms with E-state index in [1.54, 1.807) is 6.07 Å². The molecule has 1 N–H and O–H groups in total. The third-order valence-electron chi connectivity index (χ3n) is 4.37. The van der Waals surface area contributed by atoms with Crippen LogP contribution in [0, 0.1) is 29.0 Å². The molecule has 0 aliphatic heterocycles. The highest BCUT2D eigenvalue weighted by molar-refractivity contribution is 5.37. The lowest BCUT2D eigenvalue weighted by Crippen LogP contribution is -2.35. The molecule has 0 bridgehead atoms. The monoisotopic (exact) mass is 260 g/mol. The molecule has 19 heavy (non-hydrogen) atoms. The van der Waals surface area contributed by atoms with Crippen molar-refractivity contribution in [2.24, 2.45) is 11.8 Å². The second kappa shape index (κ2) is 6.16. The van der Waals surface area contributed by atoms with Crippen molar-refractivity contribution in [1.82, 2.24) is 5.32 Å². The van der Waals surface area contributed by atoms with E-state index in [-0.39, 0.29) is 5.82 Å². The third-order valence-corrected chi connectivity index (χ3v) is 4.37. The van der Waals surface area contributed by atoms with E-state index in [4.69, 9.17) is 5.26 Å². The Labute approximate surface area is 114 Å². The topological polar surface area (TPSA) is 35.8 Å². The van der Waals surface area contributed by atoms with E-state index < -0.39 is 0 Å². The Morgan fingerprint density at radius 2 is 2.11 bits per heavy atom. The van der Waals surface area contributed by atoms with Gasteiger partial charge in [-0.15, -0.1) is 0 Å². The lowest BCUT2D eigenvalue weighted by molar-refractivity contribution is 0.225. The number of nitrogens with one attached hydrogen (secondary N) is 1. The molecule has 1 aromatic carbocycles. The van der Waals surface area contributed by atoms with Crippen LogP contribution in [0.4, 0.5) is 4.39 Å². The highest BCUT2D eigenvalue weighted by Gasteiger charge is 2.24. The molecule has 0 spiro atoms. The van der Waals surface area contributed by atoms with Crippen molar-refractivity contribution in [3.8, 4) is 6.07 Å². The lowest BCUT2D eigenvalue weighted by atomic mass is 9.79. The van der Waals surface area contributed by atoms with Crippen molar-refractivity contribution < 1.29 is 4.39 Å². The van der Waals surface area contributed by atoms with Gasteiger partial charge in [0.1, 0.15) is 5.82 Å². The average Bonchev–Trinajstić information content (AvgIpc) is 2.40. The fourth-order valence-electron chi connectivity index (χ4n) is 2.80. The molecular formula is C16H21FN2. The number of nitrogens with zero attached hydrogens (tertiary/aromatic N) is 1. The van der Waals surface area contributed by atoms with Crippen LogP contribution < -0.4 is 5.32 Å². The smallest absolute Gasteiger partial charge is 0.123 e. The summed E-state index contributed by atoms with van der Waals surface area (Å²) in [7, 11) is 0. The third kappa shape index (κ3) is 3.54. The zero-order valence-electron chi connectivity index (χ0n) is 11.6. The van der Waals surface area contributed by atoms with E-state index in [0.717, 1.165) is 17.4 Å². The zero-order valence-corrected chi connectivity index (χ0v) is 11.6. The van der Waals surface area contributed by atoms with Gasteiger partial charge in [-0.25, -0.2) is 4.39 Å². The number of benzene rings is 1. The molecule has 3 heteroatoms. The molecule has 3 unspecified atom stereocenters. The van der Waals surface area contributed by atoms with Gasteiger partial charge in [0.2, 0.25) is 0 Å². The van der Waals surface area contributed by atoms with Crippen LogP contribution in [0.15, 0.2) is 18.2 Å². The predicted molar refractivity (Wildman–Crippen MR) is 73.9 cm³/mol. The van der Waals surface area contributed by atoms with E-state index in [1.165, 1.54) is 31.4 Å². The summed E-state index contributed by atoms with van der Waals surface area (Å²) in [6.45, 7) is 5.18. The molecule has 1 aliphatic rings. The quantitative estimate of drug-likeness (QED) is 0.901. The van der Waals surface area contributed by atoms with Gasteiger partial charge in [-0.2, -0.15) is 5.26 Å². The Morgan fingerprint density at radius 1 is 1.32 bits per heavy atom. The van der Waals surface area contributed by atoms with Gasteiger partial charge >= 0.3 is 0 Å². The molecule has 2 rings (SSSR count). The van der Waals surface area contributed by atoms with E-state index in [9.17, 15) is 4.39 Å². The van der Waals surface area contributed by atoms with Crippen LogP contribution in [-0.2, 0) is 6.54 Å². The zero-order chi connectivity index (χ0) is 13.8. The fourth-order valence-corrected chi connectivity index (χ4v) is 2.80. The van der Waals surface area contributed by atoms with E-state index in [2.05, 4.69) is 25.2 Å². The number of nitriles is 1. The second-order valence-corrected chi connectivity index (χ2v) is 5.76. The molecular weight excluding hydrogens is 239 g/mol. The van der Waals surface area contributed by atoms with Gasteiger partial charge in [-0.05, 0) is 54.9 Å². The molecule has 1 aromatic rings. The van der Waals surface area contributed by atoms with E-state index in [0.29, 0.717) is 18.2 Å². The molecule has 0 saturated heterocycles. The van der Waals surface area contributed by atoms with Crippen molar-refractivity contribution in [2.45, 2.75) is 45.7 Å². The van der Waals surface area contributed by atoms with Crippen molar-refractivity contribution >= 4 is 0 Å². The summed E-state index contributed by atoms with van der Waals surface area (Å²) in [6.07, 6.45) is 3.58. The highest BCUT2D eigenvalue weighted by Crippen LogP contribution is 2.29. The normalized spacial score (nSPS) is 26.9. The maximum atomic E-state index is 13.2. The van der Waals surface area contributed by atoms with Crippen molar-refractivity contribution in [1.29, 1.82) is 5.26 Å². The van der Waals surface area contributed by atoms with Crippen LogP contribution in [0.3, 0.4) is 0 Å². The number of hydrogen-bond acceptors (Lipinski definition) is 2. The van der Waals surface area contributed by atoms with Gasteiger partial charge in [0.25, 0.3) is 0 Å². The Hall–Kier alpha value is -1.40. The Balaban J connectivity index is 1.96. The molecule has 3 atom stereocenters. The van der Waals surface area contributed by atoms with Gasteiger partial charge in [0.15, 0.2) is 0 Å². The molecule has 0 radical (unpaired) electrons. The summed E-state index contributed by atoms with van der Waals surface area (Å²) < 4.78 is 13.2. The van der Waals surface area contributed by atoms with E-state index in [1.807, 2.05) is 0 Å². The van der Waals surface area contributed by atoms with Crippen molar-refractivity contribution in [3.05, 3.63) is 35.1 Å². The second-order valence-electron chi connectivity index (χ2n) is 5.76. The SMILES string of the molecule is CC1CCC(NCc2cc(F)ccc2C#N)CC1C. The Bertz CT molecular complexity index is 478. The first-order valence-electron chi connectivity index (χ1n) is 7.02. The van der Waals surface area contributed by atoms with Crippen molar-refractivity contribution in [2.75, 3.05) is 0 Å². The maximum Gasteiger partial charge on any atom is 0.123 e. The number of rotatable bonds is 3. The lowest BCUT2D eigenvalue weighted by Gasteiger charge is -2.32. The minimum Gasteiger partial charge on any atom is -0.310 e. The first kappa shape index (κ1) is 14.0. The average molecular weight is 260 g/mol. The standard InChI is InChI=1S/C16H21FN2/c1-11-3-6-16(7-12(11)2)19-10-14-8-15(17)5-4-13(14)9-18/h4-5,8,11-12,16,19H,3,6-7,10H2,1-2H3. The van der Waals surface area contributed by atoms with Gasteiger partial charge in [0.05, 0.1) is 11.6 Å². The van der Waals surface area contributed by atoms with Crippen molar-refractivity contribution in [3.63, 3.8) is 0 Å². The maximum absolute atomic E-state index is 13.2. The largest absolute Gasteiger partial charge is 0.310 e. The van der Waals surface area contributed by atoms with E-state index >= 15 is 0 Å². The van der Waals surface area contributed by atoms with Crippen LogP contribution in [0.1, 0.15) is 44.2 Å². The Morgan fingerprint density at radius 3 is 2.79 bits per heavy atom. The summed E-state index contributed by atoms with van der Waals surface area (Å²) in [5, 5.41) is 12.5. The molecule has 1 fully saturated rings. The van der Waals surface area contributed by atoms with Crippen LogP contribution in [0.25, 0.3) is 0 Å². The number of hydrogen-bond donors (Lipinski definition) is 1. The summed E-state index contributed by atoms with van der Waals surface area (Å²) in [6, 6.07) is 6.96. The fraction of sp³-hybridized carbons (Fsp3) is 0.562. The van der Waals surface area contributed by atoms with Gasteiger partial charge in [-0.1, -0.05) is 13.8 Å². The molecule has 0 aromatic heterocycles. The molecule has 0 amide bonds. The minimum atomic E-state index is -0.276. The van der Waals surface area contributed by atoms with Crippen LogP contribution in [-0.4, -0.2) is 6.04 Å². The molecule has 1 aliphatic carbocycles. The summed E-state index contributed by atoms with van der Waals surface area (Å²) >= 11 is 0. The van der Waals surface area contributed by atoms with Gasteiger partial charge in [0, 0.05) is 12.6 Å². The molecule has 102 valence electrons. The molecule has 0 heterocycles. The highest BCUT2D eigenvalue weighted by atomic mass is 19.1. The molecule has 1 saturated carbocycles. The molecule has 2 nitrogen and oxygen atoms in total. The predicted octanol–water partition coefficient (Wildman–Crippen LogP) is 3.61. The van der Waals surface area contributed by atoms with Gasteiger partial charge < -0.3 is 5.32 Å².